The Morgan fingerprint density at radius 1 is 0.950 bits per heavy atom. The molecule has 0 bridgehead atoms. The van der Waals surface area contributed by atoms with Crippen molar-refractivity contribution in [1.29, 1.82) is 0 Å². The molecule has 20 heavy (non-hydrogen) atoms. The molecule has 0 fully saturated rings. The fraction of sp³-hybridized carbons (Fsp3) is 0.294. The quantitative estimate of drug-likeness (QED) is 0.873. The van der Waals surface area contributed by atoms with E-state index in [0.717, 1.165) is 18.8 Å². The first kappa shape index (κ1) is 14.4. The van der Waals surface area contributed by atoms with Gasteiger partial charge < -0.3 is 15.0 Å². The summed E-state index contributed by atoms with van der Waals surface area (Å²) in [6.45, 7) is 1.71. The van der Waals surface area contributed by atoms with E-state index in [1.807, 2.05) is 12.1 Å². The third-order valence-electron chi connectivity index (χ3n) is 3.25. The summed E-state index contributed by atoms with van der Waals surface area (Å²) in [7, 11) is 5.80. The molecule has 3 nitrogen and oxygen atoms in total. The summed E-state index contributed by atoms with van der Waals surface area (Å²) >= 11 is 0. The zero-order valence-electron chi connectivity index (χ0n) is 12.4. The van der Waals surface area contributed by atoms with Gasteiger partial charge in [0.15, 0.2) is 0 Å². The monoisotopic (exact) mass is 270 g/mol. The van der Waals surface area contributed by atoms with Gasteiger partial charge in [-0.2, -0.15) is 0 Å². The normalized spacial score (nSPS) is 10.3. The first-order chi connectivity index (χ1) is 9.69. The number of nitrogens with one attached hydrogen (secondary N) is 1. The summed E-state index contributed by atoms with van der Waals surface area (Å²) in [6.07, 6.45) is 0. The maximum absolute atomic E-state index is 5.22. The van der Waals surface area contributed by atoms with Crippen molar-refractivity contribution in [2.45, 2.75) is 13.1 Å². The second-order valence-electron chi connectivity index (χ2n) is 5.02. The standard InChI is InChI=1S/C17H22N2O/c1-19(2)16-9-7-14(8-10-16)12-18-13-15-5-4-6-17(11-15)20-3/h4-11,18H,12-13H2,1-3H3. The number of benzene rings is 2. The minimum atomic E-state index is 0.840. The van der Waals surface area contributed by atoms with Gasteiger partial charge in [-0.15, -0.1) is 0 Å². The first-order valence-corrected chi connectivity index (χ1v) is 6.79. The number of anilines is 1. The number of methoxy groups -OCH3 is 1. The number of hydrogen-bond donors (Lipinski definition) is 1. The van der Waals surface area contributed by atoms with Gasteiger partial charge in [0.2, 0.25) is 0 Å². The molecule has 0 aliphatic heterocycles. The lowest BCUT2D eigenvalue weighted by Gasteiger charge is -2.13. The van der Waals surface area contributed by atoms with Gasteiger partial charge in [0, 0.05) is 32.9 Å². The van der Waals surface area contributed by atoms with Gasteiger partial charge in [-0.3, -0.25) is 0 Å². The van der Waals surface area contributed by atoms with Crippen molar-refractivity contribution < 1.29 is 4.74 Å². The Hall–Kier alpha value is -2.00. The molecule has 1 N–H and O–H groups in total. The van der Waals surface area contributed by atoms with Gasteiger partial charge in [0.05, 0.1) is 7.11 Å². The number of nitrogens with zero attached hydrogens (tertiary/aromatic N) is 1. The van der Waals surface area contributed by atoms with Crippen molar-refractivity contribution in [2.24, 2.45) is 0 Å². The van der Waals surface area contributed by atoms with E-state index in [0.29, 0.717) is 0 Å². The fourth-order valence-electron chi connectivity index (χ4n) is 2.05. The van der Waals surface area contributed by atoms with Crippen molar-refractivity contribution in [3.63, 3.8) is 0 Å². The van der Waals surface area contributed by atoms with Crippen molar-refractivity contribution >= 4 is 5.69 Å². The number of hydrogen-bond acceptors (Lipinski definition) is 3. The Morgan fingerprint density at radius 2 is 1.65 bits per heavy atom. The van der Waals surface area contributed by atoms with Crippen LogP contribution in [-0.2, 0) is 13.1 Å². The Bertz CT molecular complexity index is 535. The Labute approximate surface area is 121 Å². The minimum Gasteiger partial charge on any atom is -0.497 e. The second-order valence-corrected chi connectivity index (χ2v) is 5.02. The predicted molar refractivity (Wildman–Crippen MR) is 84.3 cm³/mol. The molecule has 0 amide bonds. The molecule has 2 aromatic carbocycles. The van der Waals surface area contributed by atoms with Gasteiger partial charge >= 0.3 is 0 Å². The van der Waals surface area contributed by atoms with Crippen LogP contribution in [0.4, 0.5) is 5.69 Å². The maximum atomic E-state index is 5.22. The van der Waals surface area contributed by atoms with Crippen molar-refractivity contribution in [3.8, 4) is 5.75 Å². The van der Waals surface area contributed by atoms with Gasteiger partial charge in [0.25, 0.3) is 0 Å². The van der Waals surface area contributed by atoms with Crippen LogP contribution in [0.1, 0.15) is 11.1 Å². The number of ether oxygens (including phenoxy) is 1. The SMILES string of the molecule is COc1cccc(CNCc2ccc(N(C)C)cc2)c1. The number of rotatable bonds is 6. The molecule has 3 heteroatoms. The zero-order chi connectivity index (χ0) is 14.4. The van der Waals surface area contributed by atoms with E-state index < -0.39 is 0 Å². The van der Waals surface area contributed by atoms with Crippen molar-refractivity contribution in [1.82, 2.24) is 5.32 Å². The largest absolute Gasteiger partial charge is 0.497 e. The van der Waals surface area contributed by atoms with Gasteiger partial charge in [-0.25, -0.2) is 0 Å². The van der Waals surface area contributed by atoms with Crippen LogP contribution in [0, 0.1) is 0 Å². The molecule has 106 valence electrons. The van der Waals surface area contributed by atoms with E-state index in [-0.39, 0.29) is 0 Å². The summed E-state index contributed by atoms with van der Waals surface area (Å²) < 4.78 is 5.22. The smallest absolute Gasteiger partial charge is 0.119 e. The highest BCUT2D eigenvalue weighted by atomic mass is 16.5. The Balaban J connectivity index is 1.86. The van der Waals surface area contributed by atoms with E-state index in [2.05, 4.69) is 60.7 Å². The third kappa shape index (κ3) is 4.00. The average Bonchev–Trinajstić information content (AvgIpc) is 2.48. The van der Waals surface area contributed by atoms with Crippen LogP contribution in [-0.4, -0.2) is 21.2 Å². The van der Waals surface area contributed by atoms with E-state index in [1.54, 1.807) is 7.11 Å². The van der Waals surface area contributed by atoms with E-state index in [4.69, 9.17) is 4.74 Å². The highest BCUT2D eigenvalue weighted by Crippen LogP contribution is 2.14. The zero-order valence-corrected chi connectivity index (χ0v) is 12.4. The molecule has 0 atom stereocenters. The van der Waals surface area contributed by atoms with Crippen LogP contribution >= 0.6 is 0 Å². The molecule has 0 unspecified atom stereocenters. The van der Waals surface area contributed by atoms with E-state index >= 15 is 0 Å². The summed E-state index contributed by atoms with van der Waals surface area (Å²) in [5, 5.41) is 3.45. The molecule has 0 spiro atoms. The fourth-order valence-corrected chi connectivity index (χ4v) is 2.05. The first-order valence-electron chi connectivity index (χ1n) is 6.79. The van der Waals surface area contributed by atoms with Crippen molar-refractivity contribution in [3.05, 3.63) is 59.7 Å². The molecule has 0 saturated heterocycles. The lowest BCUT2D eigenvalue weighted by Crippen LogP contribution is -2.13. The second kappa shape index (κ2) is 6.96. The van der Waals surface area contributed by atoms with Crippen LogP contribution < -0.4 is 15.0 Å². The summed E-state index contributed by atoms with van der Waals surface area (Å²) in [5.41, 5.74) is 3.74. The molecule has 0 aromatic heterocycles. The van der Waals surface area contributed by atoms with Crippen molar-refractivity contribution in [2.75, 3.05) is 26.1 Å². The van der Waals surface area contributed by atoms with Crippen LogP contribution in [0.15, 0.2) is 48.5 Å². The van der Waals surface area contributed by atoms with Crippen LogP contribution in [0.2, 0.25) is 0 Å². The van der Waals surface area contributed by atoms with Gasteiger partial charge in [-0.05, 0) is 35.4 Å². The van der Waals surface area contributed by atoms with Crippen LogP contribution in [0.25, 0.3) is 0 Å². The third-order valence-corrected chi connectivity index (χ3v) is 3.25. The summed E-state index contributed by atoms with van der Waals surface area (Å²) in [4.78, 5) is 2.10. The average molecular weight is 270 g/mol. The van der Waals surface area contributed by atoms with E-state index in [1.165, 1.54) is 16.8 Å². The maximum Gasteiger partial charge on any atom is 0.119 e. The highest BCUT2D eigenvalue weighted by molar-refractivity contribution is 5.45. The lowest BCUT2D eigenvalue weighted by molar-refractivity contribution is 0.414. The molecule has 2 aromatic rings. The molecule has 0 radical (unpaired) electrons. The molecule has 0 aliphatic rings. The minimum absolute atomic E-state index is 0.840. The van der Waals surface area contributed by atoms with Crippen LogP contribution in [0.3, 0.4) is 0 Å². The Kier molecular flexibility index (Phi) is 5.02. The Morgan fingerprint density at radius 3 is 2.30 bits per heavy atom. The molecule has 0 aliphatic carbocycles. The molecule has 0 saturated carbocycles. The predicted octanol–water partition coefficient (Wildman–Crippen LogP) is 3.05. The molecular formula is C17H22N2O. The lowest BCUT2D eigenvalue weighted by atomic mass is 10.2. The molecule has 0 heterocycles. The summed E-state index contributed by atoms with van der Waals surface area (Å²) in [5.74, 6) is 0.902. The van der Waals surface area contributed by atoms with Gasteiger partial charge in [0.1, 0.15) is 5.75 Å². The molecular weight excluding hydrogens is 248 g/mol. The van der Waals surface area contributed by atoms with E-state index in [9.17, 15) is 0 Å². The van der Waals surface area contributed by atoms with Crippen LogP contribution in [0.5, 0.6) is 5.75 Å². The summed E-state index contributed by atoms with van der Waals surface area (Å²) in [6, 6.07) is 16.7. The molecule has 2 rings (SSSR count). The highest BCUT2D eigenvalue weighted by Gasteiger charge is 1.98. The van der Waals surface area contributed by atoms with Gasteiger partial charge in [-0.1, -0.05) is 24.3 Å². The topological polar surface area (TPSA) is 24.5 Å².